The van der Waals surface area contributed by atoms with E-state index in [9.17, 15) is 43.2 Å². The van der Waals surface area contributed by atoms with Gasteiger partial charge >= 0.3 is 39.5 Å². The van der Waals surface area contributed by atoms with Crippen molar-refractivity contribution in [1.29, 1.82) is 0 Å². The number of esters is 4. The smallest absolute Gasteiger partial charge is 0.462 e. The van der Waals surface area contributed by atoms with Gasteiger partial charge in [0.15, 0.2) is 12.2 Å². The Kier molecular flexibility index (Phi) is 59.4. The molecule has 0 heterocycles. The molecular weight excluding hydrogens is 1190 g/mol. The fourth-order valence-electron chi connectivity index (χ4n) is 10.7. The predicted molar refractivity (Wildman–Crippen MR) is 363 cm³/mol. The van der Waals surface area contributed by atoms with Crippen molar-refractivity contribution in [1.82, 2.24) is 0 Å². The molecule has 3 unspecified atom stereocenters. The van der Waals surface area contributed by atoms with Crippen LogP contribution in [0, 0.1) is 23.7 Å². The molecule has 0 saturated carbocycles. The van der Waals surface area contributed by atoms with E-state index in [1.54, 1.807) is 0 Å². The largest absolute Gasteiger partial charge is 0.472 e. The minimum absolute atomic E-state index is 0.105. The number of rotatable bonds is 68. The molecule has 5 atom stereocenters. The maximum Gasteiger partial charge on any atom is 0.472 e. The minimum atomic E-state index is -4.95. The first kappa shape index (κ1) is 88.1. The number of aliphatic hydroxyl groups excluding tert-OH is 1. The van der Waals surface area contributed by atoms with E-state index in [4.69, 9.17) is 37.0 Å². The number of ether oxygens (including phenoxy) is 4. The second kappa shape index (κ2) is 60.7. The van der Waals surface area contributed by atoms with Crippen LogP contribution in [-0.4, -0.2) is 96.7 Å². The van der Waals surface area contributed by atoms with E-state index in [2.05, 4.69) is 55.4 Å². The highest BCUT2D eigenvalue weighted by Gasteiger charge is 2.30. The summed E-state index contributed by atoms with van der Waals surface area (Å²) in [7, 11) is -9.90. The van der Waals surface area contributed by atoms with Crippen LogP contribution in [0.1, 0.15) is 351 Å². The molecular formula is C71H138O17P2. The molecule has 3 N–H and O–H groups in total. The van der Waals surface area contributed by atoms with E-state index >= 15 is 0 Å². The minimum Gasteiger partial charge on any atom is -0.462 e. The lowest BCUT2D eigenvalue weighted by Crippen LogP contribution is -2.30. The van der Waals surface area contributed by atoms with Gasteiger partial charge in [0, 0.05) is 25.7 Å². The summed E-state index contributed by atoms with van der Waals surface area (Å²) in [5.74, 6) is 0.828. The molecule has 0 aliphatic heterocycles. The lowest BCUT2D eigenvalue weighted by Gasteiger charge is -2.21. The molecule has 0 fully saturated rings. The molecule has 0 amide bonds. The third-order valence-corrected chi connectivity index (χ3v) is 18.2. The SMILES string of the molecule is CC(C)CCCCCCCCCCCCCCCCC(=O)O[C@H](COC(=O)CCCCCCCCCC(C)C)COP(=O)(O)OCC(O)COP(=O)(O)OC[C@@H](COC(=O)CCCCCCCCCC(C)C)OC(=O)CCCCCCCCCCCCC(C)C. The van der Waals surface area contributed by atoms with Gasteiger partial charge in [-0.3, -0.25) is 37.3 Å². The van der Waals surface area contributed by atoms with Gasteiger partial charge in [-0.05, 0) is 49.4 Å². The van der Waals surface area contributed by atoms with Gasteiger partial charge in [-0.2, -0.15) is 0 Å². The second-order valence-electron chi connectivity index (χ2n) is 27.5. The van der Waals surface area contributed by atoms with Crippen molar-refractivity contribution in [2.24, 2.45) is 23.7 Å². The lowest BCUT2D eigenvalue weighted by molar-refractivity contribution is -0.161. The average Bonchev–Trinajstić information content (AvgIpc) is 3.68. The third-order valence-electron chi connectivity index (χ3n) is 16.3. The van der Waals surface area contributed by atoms with Crippen LogP contribution < -0.4 is 0 Å². The first-order valence-corrected chi connectivity index (χ1v) is 39.7. The Balaban J connectivity index is 5.23. The topological polar surface area (TPSA) is 237 Å². The number of carbonyl (C=O) groups is 4. The number of hydrogen-bond donors (Lipinski definition) is 3. The quantitative estimate of drug-likeness (QED) is 0.0222. The molecule has 0 saturated heterocycles. The first-order valence-electron chi connectivity index (χ1n) is 36.7. The molecule has 0 radical (unpaired) electrons. The predicted octanol–water partition coefficient (Wildman–Crippen LogP) is 20.1. The fourth-order valence-corrected chi connectivity index (χ4v) is 12.2. The fraction of sp³-hybridized carbons (Fsp3) is 0.944. The summed E-state index contributed by atoms with van der Waals surface area (Å²) >= 11 is 0. The van der Waals surface area contributed by atoms with Crippen molar-refractivity contribution in [2.45, 2.75) is 369 Å². The van der Waals surface area contributed by atoms with Crippen molar-refractivity contribution < 1.29 is 80.2 Å². The van der Waals surface area contributed by atoms with Crippen molar-refractivity contribution in [3.05, 3.63) is 0 Å². The summed E-state index contributed by atoms with van der Waals surface area (Å²) in [5, 5.41) is 10.6. The van der Waals surface area contributed by atoms with Gasteiger partial charge in [0.25, 0.3) is 0 Å². The number of carbonyl (C=O) groups excluding carboxylic acids is 4. The van der Waals surface area contributed by atoms with Crippen molar-refractivity contribution in [2.75, 3.05) is 39.6 Å². The summed E-state index contributed by atoms with van der Waals surface area (Å²) in [4.78, 5) is 72.5. The monoisotopic (exact) mass is 1320 g/mol. The van der Waals surface area contributed by atoms with E-state index in [-0.39, 0.29) is 25.7 Å². The maximum atomic E-state index is 13.0. The standard InChI is InChI=1S/C71H138O17P2/c1-61(2)47-39-31-23-17-13-11-9-10-12-14-19-27-37-45-53-70(75)87-66(57-81-68(73)51-43-35-29-21-25-33-41-49-63(5)6)59-85-89(77,78)83-55-65(72)56-84-90(79,80)86-60-67(58-82-69(74)52-44-36-30-22-26-34-42-50-64(7)8)88-71(76)54-46-38-28-20-16-15-18-24-32-40-48-62(3)4/h61-67,72H,9-60H2,1-8H3,(H,77,78)(H,79,80)/t65?,66-,67-/m1/s1. The molecule has 17 nitrogen and oxygen atoms in total. The van der Waals surface area contributed by atoms with E-state index in [1.807, 2.05) is 0 Å². The van der Waals surface area contributed by atoms with Crippen LogP contribution in [0.5, 0.6) is 0 Å². The molecule has 90 heavy (non-hydrogen) atoms. The number of aliphatic hydroxyl groups is 1. The molecule has 0 aromatic rings. The van der Waals surface area contributed by atoms with Crippen LogP contribution in [0.25, 0.3) is 0 Å². The summed E-state index contributed by atoms with van der Waals surface area (Å²) < 4.78 is 68.3. The van der Waals surface area contributed by atoms with E-state index < -0.39 is 97.5 Å². The molecule has 0 aromatic heterocycles. The Morgan fingerprint density at radius 1 is 0.278 bits per heavy atom. The van der Waals surface area contributed by atoms with Gasteiger partial charge in [0.1, 0.15) is 19.3 Å². The van der Waals surface area contributed by atoms with E-state index in [1.165, 1.54) is 141 Å². The number of hydrogen-bond acceptors (Lipinski definition) is 15. The van der Waals surface area contributed by atoms with Gasteiger partial charge in [-0.15, -0.1) is 0 Å². The highest BCUT2D eigenvalue weighted by atomic mass is 31.2. The Hall–Kier alpha value is -1.94. The van der Waals surface area contributed by atoms with Gasteiger partial charge < -0.3 is 33.8 Å². The zero-order valence-electron chi connectivity index (χ0n) is 58.8. The Labute approximate surface area is 549 Å². The van der Waals surface area contributed by atoms with Crippen LogP contribution >= 0.6 is 15.6 Å². The first-order chi connectivity index (χ1) is 43.1. The molecule has 0 spiro atoms. The van der Waals surface area contributed by atoms with Crippen LogP contribution in [0.3, 0.4) is 0 Å². The zero-order valence-corrected chi connectivity index (χ0v) is 60.6. The van der Waals surface area contributed by atoms with Crippen molar-refractivity contribution in [3.8, 4) is 0 Å². The number of unbranched alkanes of at least 4 members (excludes halogenated alkanes) is 34. The molecule has 19 heteroatoms. The highest BCUT2D eigenvalue weighted by molar-refractivity contribution is 7.47. The zero-order chi connectivity index (χ0) is 66.8. The number of phosphoric ester groups is 2. The molecule has 0 rings (SSSR count). The third kappa shape index (κ3) is 64.8. The Morgan fingerprint density at radius 2 is 0.467 bits per heavy atom. The second-order valence-corrected chi connectivity index (χ2v) is 30.4. The molecule has 0 aliphatic rings. The average molecular weight is 1330 g/mol. The van der Waals surface area contributed by atoms with Crippen LogP contribution in [0.15, 0.2) is 0 Å². The molecule has 0 aromatic carbocycles. The summed E-state index contributed by atoms with van der Waals surface area (Å²) in [5.41, 5.74) is 0. The number of phosphoric acid groups is 2. The molecule has 534 valence electrons. The molecule has 0 aliphatic carbocycles. The van der Waals surface area contributed by atoms with E-state index in [0.29, 0.717) is 37.5 Å². The summed E-state index contributed by atoms with van der Waals surface area (Å²) in [6.45, 7) is 14.1. The van der Waals surface area contributed by atoms with E-state index in [0.717, 1.165) is 115 Å². The summed E-state index contributed by atoms with van der Waals surface area (Å²) in [6.07, 6.45) is 43.2. The highest BCUT2D eigenvalue weighted by Crippen LogP contribution is 2.45. The maximum absolute atomic E-state index is 13.0. The van der Waals surface area contributed by atoms with Crippen molar-refractivity contribution in [3.63, 3.8) is 0 Å². The Morgan fingerprint density at radius 3 is 0.689 bits per heavy atom. The van der Waals surface area contributed by atoms with Crippen LogP contribution in [0.2, 0.25) is 0 Å². The summed E-state index contributed by atoms with van der Waals surface area (Å²) in [6, 6.07) is 0. The van der Waals surface area contributed by atoms with Crippen LogP contribution in [0.4, 0.5) is 0 Å². The lowest BCUT2D eigenvalue weighted by atomic mass is 10.0. The van der Waals surface area contributed by atoms with Crippen LogP contribution in [-0.2, 0) is 65.4 Å². The Bertz CT molecular complexity index is 1780. The van der Waals surface area contributed by atoms with Gasteiger partial charge in [0.2, 0.25) is 0 Å². The van der Waals surface area contributed by atoms with Crippen molar-refractivity contribution >= 4 is 39.5 Å². The normalized spacial score (nSPS) is 14.3. The van der Waals surface area contributed by atoms with Gasteiger partial charge in [-0.25, -0.2) is 9.13 Å². The van der Waals surface area contributed by atoms with Gasteiger partial charge in [-0.1, -0.05) is 299 Å². The van der Waals surface area contributed by atoms with Gasteiger partial charge in [0.05, 0.1) is 26.4 Å². The molecule has 0 bridgehead atoms.